The zero-order valence-electron chi connectivity index (χ0n) is 14.2. The fourth-order valence-electron chi connectivity index (χ4n) is 2.22. The molecular weight excluding hydrogens is 310 g/mol. The minimum Gasteiger partial charge on any atom is -0.490 e. The summed E-state index contributed by atoms with van der Waals surface area (Å²) >= 11 is 0. The number of amides is 1. The summed E-state index contributed by atoms with van der Waals surface area (Å²) < 4.78 is 16.3. The van der Waals surface area contributed by atoms with Gasteiger partial charge in [0.2, 0.25) is 0 Å². The predicted octanol–water partition coefficient (Wildman–Crippen LogP) is 2.85. The molecule has 1 atom stereocenters. The van der Waals surface area contributed by atoms with Gasteiger partial charge in [0, 0.05) is 5.56 Å². The maximum Gasteiger partial charge on any atom is 0.251 e. The molecule has 0 fully saturated rings. The molecule has 2 rings (SSSR count). The van der Waals surface area contributed by atoms with Crippen LogP contribution in [-0.2, 0) is 0 Å². The summed E-state index contributed by atoms with van der Waals surface area (Å²) in [6, 6.07) is 8.45. The van der Waals surface area contributed by atoms with E-state index in [-0.39, 0.29) is 12.5 Å². The van der Waals surface area contributed by atoms with E-state index in [0.29, 0.717) is 41.8 Å². The van der Waals surface area contributed by atoms with Crippen LogP contribution in [0.4, 0.5) is 0 Å². The first kappa shape index (κ1) is 17.9. The average molecular weight is 333 g/mol. The highest BCUT2D eigenvalue weighted by atomic mass is 16.5. The van der Waals surface area contributed by atoms with Crippen molar-refractivity contribution >= 4 is 5.91 Å². The maximum atomic E-state index is 12.3. The van der Waals surface area contributed by atoms with Crippen LogP contribution < -0.4 is 14.8 Å². The van der Waals surface area contributed by atoms with E-state index in [9.17, 15) is 9.90 Å². The first-order chi connectivity index (χ1) is 11.5. The number of rotatable bonds is 8. The molecule has 0 saturated heterocycles. The summed E-state index contributed by atoms with van der Waals surface area (Å²) in [5.74, 6) is 1.95. The molecule has 1 heterocycles. The normalized spacial score (nSPS) is 11.8. The Bertz CT molecular complexity index is 680. The van der Waals surface area contributed by atoms with E-state index in [4.69, 9.17) is 13.9 Å². The van der Waals surface area contributed by atoms with Gasteiger partial charge in [-0.2, -0.15) is 0 Å². The molecule has 6 heteroatoms. The van der Waals surface area contributed by atoms with E-state index in [1.54, 1.807) is 37.3 Å². The molecule has 0 saturated carbocycles. The Kier molecular flexibility index (Phi) is 6.26. The van der Waals surface area contributed by atoms with Crippen molar-refractivity contribution in [2.24, 2.45) is 0 Å². The van der Waals surface area contributed by atoms with Crippen LogP contribution in [-0.4, -0.2) is 30.8 Å². The van der Waals surface area contributed by atoms with Crippen molar-refractivity contribution in [3.63, 3.8) is 0 Å². The van der Waals surface area contributed by atoms with E-state index in [1.807, 2.05) is 13.8 Å². The van der Waals surface area contributed by atoms with Crippen LogP contribution in [0.15, 0.2) is 34.7 Å². The van der Waals surface area contributed by atoms with E-state index >= 15 is 0 Å². The number of hydrogen-bond acceptors (Lipinski definition) is 5. The molecule has 24 heavy (non-hydrogen) atoms. The number of ether oxygens (including phenoxy) is 2. The third-order valence-corrected chi connectivity index (χ3v) is 3.35. The zero-order chi connectivity index (χ0) is 17.5. The van der Waals surface area contributed by atoms with Crippen LogP contribution in [0.3, 0.4) is 0 Å². The molecule has 1 unspecified atom stereocenters. The molecule has 1 amide bonds. The van der Waals surface area contributed by atoms with Crippen LogP contribution in [0.25, 0.3) is 0 Å². The van der Waals surface area contributed by atoms with Gasteiger partial charge >= 0.3 is 0 Å². The summed E-state index contributed by atoms with van der Waals surface area (Å²) in [4.78, 5) is 12.3. The Morgan fingerprint density at radius 1 is 1.17 bits per heavy atom. The molecule has 6 nitrogen and oxygen atoms in total. The largest absolute Gasteiger partial charge is 0.490 e. The van der Waals surface area contributed by atoms with Crippen molar-refractivity contribution in [3.8, 4) is 11.5 Å². The van der Waals surface area contributed by atoms with E-state index < -0.39 is 6.10 Å². The topological polar surface area (TPSA) is 80.9 Å². The Labute approximate surface area is 141 Å². The third-order valence-electron chi connectivity index (χ3n) is 3.35. The lowest BCUT2D eigenvalue weighted by atomic mass is 10.1. The van der Waals surface area contributed by atoms with Gasteiger partial charge in [0.05, 0.1) is 19.8 Å². The molecule has 2 N–H and O–H groups in total. The highest BCUT2D eigenvalue weighted by Crippen LogP contribution is 2.28. The van der Waals surface area contributed by atoms with Gasteiger partial charge in [-0.25, -0.2) is 0 Å². The summed E-state index contributed by atoms with van der Waals surface area (Å²) in [5, 5.41) is 12.7. The number of furan rings is 1. The maximum absolute atomic E-state index is 12.3. The number of carbonyl (C=O) groups is 1. The molecule has 2 aromatic rings. The van der Waals surface area contributed by atoms with Crippen LogP contribution in [0.5, 0.6) is 11.5 Å². The van der Waals surface area contributed by atoms with Gasteiger partial charge in [-0.15, -0.1) is 0 Å². The second-order valence-electron chi connectivity index (χ2n) is 5.20. The molecule has 1 aromatic heterocycles. The standard InChI is InChI=1S/C18H23NO5/c1-4-22-16-9-7-13(10-17(16)23-5-2)18(21)19-11-14(20)15-8-6-12(3)24-15/h6-10,14,20H,4-5,11H2,1-3H3,(H,19,21). The molecule has 0 radical (unpaired) electrons. The Morgan fingerprint density at radius 2 is 1.88 bits per heavy atom. The molecule has 0 aliphatic rings. The number of hydrogen-bond donors (Lipinski definition) is 2. The highest BCUT2D eigenvalue weighted by molar-refractivity contribution is 5.94. The lowest BCUT2D eigenvalue weighted by Crippen LogP contribution is -2.28. The Hall–Kier alpha value is -2.47. The molecule has 0 spiro atoms. The van der Waals surface area contributed by atoms with Gasteiger partial charge in [-0.3, -0.25) is 4.79 Å². The smallest absolute Gasteiger partial charge is 0.251 e. The fraction of sp³-hybridized carbons (Fsp3) is 0.389. The predicted molar refractivity (Wildman–Crippen MR) is 89.5 cm³/mol. The van der Waals surface area contributed by atoms with Crippen LogP contribution >= 0.6 is 0 Å². The van der Waals surface area contributed by atoms with E-state index in [1.165, 1.54) is 0 Å². The summed E-state index contributed by atoms with van der Waals surface area (Å²) in [7, 11) is 0. The monoisotopic (exact) mass is 333 g/mol. The minimum absolute atomic E-state index is 0.0585. The lowest BCUT2D eigenvalue weighted by molar-refractivity contribution is 0.0900. The van der Waals surface area contributed by atoms with Gasteiger partial charge in [-0.05, 0) is 51.1 Å². The first-order valence-electron chi connectivity index (χ1n) is 7.97. The van der Waals surface area contributed by atoms with Crippen molar-refractivity contribution in [3.05, 3.63) is 47.4 Å². The first-order valence-corrected chi connectivity index (χ1v) is 7.97. The Balaban J connectivity index is 2.02. The van der Waals surface area contributed by atoms with Crippen LogP contribution in [0, 0.1) is 6.92 Å². The number of nitrogens with one attached hydrogen (secondary N) is 1. The van der Waals surface area contributed by atoms with Gasteiger partial charge in [0.15, 0.2) is 11.5 Å². The molecule has 130 valence electrons. The van der Waals surface area contributed by atoms with E-state index in [2.05, 4.69) is 5.32 Å². The van der Waals surface area contributed by atoms with Crippen molar-refractivity contribution in [2.75, 3.05) is 19.8 Å². The van der Waals surface area contributed by atoms with Gasteiger partial charge < -0.3 is 24.3 Å². The van der Waals surface area contributed by atoms with Crippen molar-refractivity contribution in [1.82, 2.24) is 5.32 Å². The second kappa shape index (κ2) is 8.40. The SMILES string of the molecule is CCOc1ccc(C(=O)NCC(O)c2ccc(C)o2)cc1OCC. The van der Waals surface area contributed by atoms with Gasteiger partial charge in [0.1, 0.15) is 17.6 Å². The molecule has 0 bridgehead atoms. The zero-order valence-corrected chi connectivity index (χ0v) is 14.2. The number of aliphatic hydroxyl groups excluding tert-OH is 1. The van der Waals surface area contributed by atoms with Gasteiger partial charge in [-0.1, -0.05) is 0 Å². The lowest BCUT2D eigenvalue weighted by Gasteiger charge is -2.13. The highest BCUT2D eigenvalue weighted by Gasteiger charge is 2.15. The van der Waals surface area contributed by atoms with Crippen molar-refractivity contribution < 1.29 is 23.8 Å². The number of carbonyl (C=O) groups excluding carboxylic acids is 1. The second-order valence-corrected chi connectivity index (χ2v) is 5.20. The van der Waals surface area contributed by atoms with Crippen LogP contribution in [0.1, 0.15) is 41.8 Å². The molecule has 0 aliphatic heterocycles. The average Bonchev–Trinajstić information content (AvgIpc) is 3.01. The third kappa shape index (κ3) is 4.52. The van der Waals surface area contributed by atoms with Gasteiger partial charge in [0.25, 0.3) is 5.91 Å². The summed E-state index contributed by atoms with van der Waals surface area (Å²) in [6.45, 7) is 6.59. The van der Waals surface area contributed by atoms with E-state index in [0.717, 1.165) is 0 Å². The number of aryl methyl sites for hydroxylation is 1. The molecule has 1 aromatic carbocycles. The van der Waals surface area contributed by atoms with Crippen molar-refractivity contribution in [1.29, 1.82) is 0 Å². The van der Waals surface area contributed by atoms with Crippen molar-refractivity contribution in [2.45, 2.75) is 26.9 Å². The number of benzene rings is 1. The summed E-state index contributed by atoms with van der Waals surface area (Å²) in [6.07, 6.45) is -0.892. The minimum atomic E-state index is -0.892. The quantitative estimate of drug-likeness (QED) is 0.776. The number of aliphatic hydroxyl groups is 1. The fourth-order valence-corrected chi connectivity index (χ4v) is 2.22. The van der Waals surface area contributed by atoms with Crippen LogP contribution in [0.2, 0.25) is 0 Å². The molecule has 0 aliphatic carbocycles. The summed E-state index contributed by atoms with van der Waals surface area (Å²) in [5.41, 5.74) is 0.435. The Morgan fingerprint density at radius 3 is 2.50 bits per heavy atom. The molecular formula is C18H23NO5.